The molecule has 0 saturated carbocycles. The second-order valence-electron chi connectivity index (χ2n) is 8.64. The van der Waals surface area contributed by atoms with Crippen LogP contribution >= 0.6 is 0 Å². The fourth-order valence-electron chi connectivity index (χ4n) is 5.22. The van der Waals surface area contributed by atoms with Crippen LogP contribution in [-0.4, -0.2) is 8.97 Å². The molecule has 0 aliphatic rings. The fourth-order valence-corrected chi connectivity index (χ4v) is 5.22. The number of hydrogen-bond acceptors (Lipinski definition) is 0. The molecule has 4 aromatic carbocycles. The van der Waals surface area contributed by atoms with Crippen LogP contribution in [0.3, 0.4) is 0 Å². The summed E-state index contributed by atoms with van der Waals surface area (Å²) in [5, 5.41) is 5.23. The summed E-state index contributed by atoms with van der Waals surface area (Å²) in [6.45, 7) is 4.41. The summed E-state index contributed by atoms with van der Waals surface area (Å²) in [6.07, 6.45) is 3.59. The van der Waals surface area contributed by atoms with Crippen molar-refractivity contribution in [3.05, 3.63) is 91.3 Å². The zero-order valence-corrected chi connectivity index (χ0v) is 17.5. The third-order valence-corrected chi connectivity index (χ3v) is 6.57. The summed E-state index contributed by atoms with van der Waals surface area (Å²) in [5.74, 6) is 0. The van der Waals surface area contributed by atoms with Crippen molar-refractivity contribution in [1.82, 2.24) is 8.97 Å². The lowest BCUT2D eigenvalue weighted by atomic mass is 10.1. The molecular formula is C28H21N3. The molecule has 0 spiro atoms. The number of benzene rings is 4. The van der Waals surface area contributed by atoms with Crippen LogP contribution in [0.2, 0.25) is 0 Å². The van der Waals surface area contributed by atoms with E-state index in [9.17, 15) is 0 Å². The highest BCUT2D eigenvalue weighted by Gasteiger charge is 2.18. The lowest BCUT2D eigenvalue weighted by Crippen LogP contribution is -2.35. The topological polar surface area (TPSA) is 13.2 Å². The molecule has 0 amide bonds. The first kappa shape index (κ1) is 16.9. The lowest BCUT2D eigenvalue weighted by Gasteiger charge is -2.06. The van der Waals surface area contributed by atoms with Crippen LogP contribution in [0.4, 0.5) is 0 Å². The van der Waals surface area contributed by atoms with Crippen molar-refractivity contribution in [2.75, 3.05) is 0 Å². The number of hydrogen-bond donors (Lipinski definition) is 0. The normalized spacial score (nSPS) is 12.5. The number of rotatable bonds is 2. The smallest absolute Gasteiger partial charge is 0.244 e. The minimum atomic E-state index is 0.349. The Morgan fingerprint density at radius 1 is 0.677 bits per heavy atom. The number of para-hydroxylation sites is 4. The van der Waals surface area contributed by atoms with Crippen LogP contribution in [0.5, 0.6) is 0 Å². The van der Waals surface area contributed by atoms with Gasteiger partial charge >= 0.3 is 0 Å². The Kier molecular flexibility index (Phi) is 3.19. The van der Waals surface area contributed by atoms with Gasteiger partial charge in [0.05, 0.1) is 39.3 Å². The van der Waals surface area contributed by atoms with Gasteiger partial charge in [0.25, 0.3) is 0 Å². The Balaban J connectivity index is 1.59. The third-order valence-electron chi connectivity index (χ3n) is 6.57. The van der Waals surface area contributed by atoms with Crippen molar-refractivity contribution in [1.29, 1.82) is 0 Å². The minimum Gasteiger partial charge on any atom is -0.319 e. The van der Waals surface area contributed by atoms with Crippen molar-refractivity contribution >= 4 is 49.1 Å². The van der Waals surface area contributed by atoms with E-state index >= 15 is 0 Å². The van der Waals surface area contributed by atoms with E-state index < -0.39 is 0 Å². The maximum atomic E-state index is 3.59. The van der Waals surface area contributed by atoms with E-state index in [4.69, 9.17) is 0 Å². The van der Waals surface area contributed by atoms with Gasteiger partial charge in [-0.3, -0.25) is 0 Å². The van der Waals surface area contributed by atoms with E-state index in [-0.39, 0.29) is 0 Å². The summed E-state index contributed by atoms with van der Waals surface area (Å²) >= 11 is 0. The van der Waals surface area contributed by atoms with Gasteiger partial charge in [-0.2, -0.15) is 0 Å². The Hall–Kier alpha value is -3.85. The minimum absolute atomic E-state index is 0.349. The van der Waals surface area contributed by atoms with Gasteiger partial charge in [-0.25, -0.2) is 0 Å². The van der Waals surface area contributed by atoms with Gasteiger partial charge in [-0.1, -0.05) is 66.7 Å². The van der Waals surface area contributed by atoms with Gasteiger partial charge in [-0.05, 0) is 32.0 Å². The van der Waals surface area contributed by atoms with Crippen LogP contribution in [0.25, 0.3) is 54.8 Å². The van der Waals surface area contributed by atoms with Crippen LogP contribution in [0, 0.1) is 6.33 Å². The predicted octanol–water partition coefficient (Wildman–Crippen LogP) is 6.45. The molecule has 0 atom stereocenters. The molecule has 0 bridgehead atoms. The first-order valence-corrected chi connectivity index (χ1v) is 10.8. The predicted molar refractivity (Wildman–Crippen MR) is 127 cm³/mol. The second-order valence-corrected chi connectivity index (χ2v) is 8.64. The van der Waals surface area contributed by atoms with Crippen molar-refractivity contribution in [2.45, 2.75) is 19.9 Å². The quantitative estimate of drug-likeness (QED) is 0.234. The maximum absolute atomic E-state index is 3.59. The highest BCUT2D eigenvalue weighted by Crippen LogP contribution is 2.39. The number of fused-ring (bicyclic) bond motifs is 7. The fraction of sp³-hybridized carbons (Fsp3) is 0.107. The van der Waals surface area contributed by atoms with Crippen LogP contribution < -0.4 is 4.57 Å². The Morgan fingerprint density at radius 2 is 1.35 bits per heavy atom. The molecule has 0 N–H and O–H groups in total. The molecule has 0 aliphatic carbocycles. The summed E-state index contributed by atoms with van der Waals surface area (Å²) in [7, 11) is 0. The summed E-state index contributed by atoms with van der Waals surface area (Å²) in [4.78, 5) is 0. The first-order chi connectivity index (χ1) is 15.2. The second kappa shape index (κ2) is 5.86. The maximum Gasteiger partial charge on any atom is 0.244 e. The highest BCUT2D eigenvalue weighted by atomic mass is 15.1. The molecule has 3 heteroatoms. The average Bonchev–Trinajstić information content (AvgIpc) is 3.46. The first-order valence-electron chi connectivity index (χ1n) is 10.8. The van der Waals surface area contributed by atoms with E-state index in [1.807, 2.05) is 0 Å². The molecule has 31 heavy (non-hydrogen) atoms. The highest BCUT2D eigenvalue weighted by molar-refractivity contribution is 6.23. The van der Waals surface area contributed by atoms with Crippen LogP contribution in [0.1, 0.15) is 19.9 Å². The van der Waals surface area contributed by atoms with E-state index in [1.165, 1.54) is 49.1 Å². The van der Waals surface area contributed by atoms with Gasteiger partial charge in [0, 0.05) is 21.5 Å². The Bertz CT molecular complexity index is 1760. The van der Waals surface area contributed by atoms with Gasteiger partial charge < -0.3 is 13.5 Å². The van der Waals surface area contributed by atoms with E-state index in [0.29, 0.717) is 6.04 Å². The lowest BCUT2D eigenvalue weighted by molar-refractivity contribution is -0.695. The third kappa shape index (κ3) is 2.10. The Labute approximate surface area is 179 Å². The van der Waals surface area contributed by atoms with E-state index in [2.05, 4.69) is 119 Å². The van der Waals surface area contributed by atoms with Gasteiger partial charge in [0.2, 0.25) is 6.33 Å². The molecular weight excluding hydrogens is 378 g/mol. The van der Waals surface area contributed by atoms with Crippen molar-refractivity contribution in [3.8, 4) is 5.69 Å². The molecule has 0 saturated heterocycles. The van der Waals surface area contributed by atoms with E-state index in [0.717, 1.165) is 5.69 Å². The van der Waals surface area contributed by atoms with Gasteiger partial charge in [0.1, 0.15) is 0 Å². The van der Waals surface area contributed by atoms with Crippen molar-refractivity contribution in [2.24, 2.45) is 0 Å². The number of nitrogens with zero attached hydrogens (tertiary/aromatic N) is 3. The Morgan fingerprint density at radius 3 is 2.19 bits per heavy atom. The van der Waals surface area contributed by atoms with E-state index in [1.54, 1.807) is 0 Å². The molecule has 0 fully saturated rings. The van der Waals surface area contributed by atoms with Crippen LogP contribution in [-0.2, 0) is 0 Å². The zero-order chi connectivity index (χ0) is 20.7. The van der Waals surface area contributed by atoms with Crippen LogP contribution in [0.15, 0.2) is 84.9 Å². The molecule has 7 rings (SSSR count). The summed E-state index contributed by atoms with van der Waals surface area (Å²) in [6, 6.07) is 31.1. The molecule has 0 unspecified atom stereocenters. The monoisotopic (exact) mass is 399 g/mol. The standard InChI is InChI=1S/C28H21N3/c1-18(2)29-17-30(27-13-6-5-12-26(27)29)19-14-15-25-23(16-19)22-10-7-9-21-20-8-3-4-11-24(20)31(25)28(21)22/h3-16,18H,1-2H3. The average molecular weight is 399 g/mol. The number of aromatic nitrogens is 3. The SMILES string of the molecule is CC(C)[n+]1[c-]n(-c2ccc3c(c2)c2cccc4c5ccccc5n3c42)c2ccccc21. The van der Waals surface area contributed by atoms with Crippen molar-refractivity contribution < 1.29 is 4.57 Å². The largest absolute Gasteiger partial charge is 0.319 e. The molecule has 0 radical (unpaired) electrons. The molecule has 3 heterocycles. The molecule has 0 aliphatic heterocycles. The molecule has 3 aromatic heterocycles. The summed E-state index contributed by atoms with van der Waals surface area (Å²) < 4.78 is 6.84. The van der Waals surface area contributed by atoms with Gasteiger partial charge in [-0.15, -0.1) is 0 Å². The zero-order valence-electron chi connectivity index (χ0n) is 17.5. The summed E-state index contributed by atoms with van der Waals surface area (Å²) in [5.41, 5.74) is 7.36. The van der Waals surface area contributed by atoms with Gasteiger partial charge in [0.15, 0.2) is 0 Å². The molecule has 7 aromatic rings. The number of imidazole rings is 1. The molecule has 3 nitrogen and oxygen atoms in total. The van der Waals surface area contributed by atoms with Crippen molar-refractivity contribution in [3.63, 3.8) is 0 Å². The molecule has 148 valence electrons.